The maximum absolute atomic E-state index is 11.1. The highest BCUT2D eigenvalue weighted by molar-refractivity contribution is 9.10. The summed E-state index contributed by atoms with van der Waals surface area (Å²) in [6.07, 6.45) is 2.52. The maximum atomic E-state index is 11.1. The third-order valence-electron chi connectivity index (χ3n) is 1.51. The van der Waals surface area contributed by atoms with Crippen LogP contribution in [0.1, 0.15) is 0 Å². The maximum Gasteiger partial charge on any atom is 0.228 e. The zero-order valence-electron chi connectivity index (χ0n) is 7.02. The number of aromatic nitrogens is 4. The van der Waals surface area contributed by atoms with Gasteiger partial charge in [-0.1, -0.05) is 0 Å². The number of hydrogen-bond donors (Lipinski definition) is 1. The van der Waals surface area contributed by atoms with Gasteiger partial charge < -0.3 is 4.98 Å². The first-order chi connectivity index (χ1) is 6.47. The minimum Gasteiger partial charge on any atom is -0.312 e. The molecule has 0 amide bonds. The van der Waals surface area contributed by atoms with E-state index in [1.807, 2.05) is 0 Å². The average Bonchev–Trinajstić information content (AvgIpc) is 2.45. The van der Waals surface area contributed by atoms with Crippen LogP contribution in [0.3, 0.4) is 0 Å². The molecule has 0 atom stereocenters. The van der Waals surface area contributed by atoms with Crippen LogP contribution in [-0.2, 0) is 9.84 Å². The molecule has 0 aromatic carbocycles. The van der Waals surface area contributed by atoms with Crippen molar-refractivity contribution in [2.45, 2.75) is 5.16 Å². The smallest absolute Gasteiger partial charge is 0.228 e. The molecule has 74 valence electrons. The second-order valence-electron chi connectivity index (χ2n) is 2.68. The van der Waals surface area contributed by atoms with Crippen LogP contribution in [0.5, 0.6) is 0 Å². The zero-order valence-corrected chi connectivity index (χ0v) is 9.42. The lowest BCUT2D eigenvalue weighted by atomic mass is 10.7. The van der Waals surface area contributed by atoms with Crippen LogP contribution in [0.4, 0.5) is 0 Å². The Balaban J connectivity index is 2.75. The summed E-state index contributed by atoms with van der Waals surface area (Å²) in [6, 6.07) is 0. The number of aromatic amines is 1. The molecule has 2 rings (SSSR count). The van der Waals surface area contributed by atoms with Crippen molar-refractivity contribution in [2.75, 3.05) is 6.26 Å². The SMILES string of the molecule is CS(=O)(=O)c1nc2ncc(Br)nc2[nH]1. The minimum atomic E-state index is -3.34. The lowest BCUT2D eigenvalue weighted by molar-refractivity contribution is 0.595. The van der Waals surface area contributed by atoms with Crippen LogP contribution in [0, 0.1) is 0 Å². The van der Waals surface area contributed by atoms with Crippen molar-refractivity contribution in [1.29, 1.82) is 0 Å². The van der Waals surface area contributed by atoms with Crippen molar-refractivity contribution >= 4 is 37.1 Å². The Bertz CT molecular complexity index is 591. The number of sulfone groups is 1. The Hall–Kier alpha value is -1.02. The van der Waals surface area contributed by atoms with Gasteiger partial charge in [-0.3, -0.25) is 0 Å². The van der Waals surface area contributed by atoms with E-state index >= 15 is 0 Å². The first kappa shape index (κ1) is 9.53. The van der Waals surface area contributed by atoms with Gasteiger partial charge >= 0.3 is 0 Å². The van der Waals surface area contributed by atoms with Crippen molar-refractivity contribution < 1.29 is 8.42 Å². The fraction of sp³-hybridized carbons (Fsp3) is 0.167. The minimum absolute atomic E-state index is 0.120. The number of rotatable bonds is 1. The monoisotopic (exact) mass is 276 g/mol. The average molecular weight is 277 g/mol. The second-order valence-corrected chi connectivity index (χ2v) is 5.42. The molecule has 2 heterocycles. The number of nitrogens with zero attached hydrogens (tertiary/aromatic N) is 3. The molecule has 0 aliphatic carbocycles. The van der Waals surface area contributed by atoms with Crippen molar-refractivity contribution in [3.63, 3.8) is 0 Å². The molecular formula is C6H5BrN4O2S. The van der Waals surface area contributed by atoms with Crippen LogP contribution < -0.4 is 0 Å². The summed E-state index contributed by atoms with van der Waals surface area (Å²) in [5.74, 6) is 0. The molecule has 14 heavy (non-hydrogen) atoms. The van der Waals surface area contributed by atoms with Crippen LogP contribution in [0.15, 0.2) is 16.0 Å². The van der Waals surface area contributed by atoms with Gasteiger partial charge in [0.2, 0.25) is 15.0 Å². The van der Waals surface area contributed by atoms with Crippen LogP contribution in [-0.4, -0.2) is 34.6 Å². The molecule has 2 aromatic rings. The molecule has 0 unspecified atom stereocenters. The topological polar surface area (TPSA) is 88.6 Å². The van der Waals surface area contributed by atoms with E-state index < -0.39 is 9.84 Å². The van der Waals surface area contributed by atoms with Gasteiger partial charge in [0.1, 0.15) is 4.60 Å². The zero-order chi connectivity index (χ0) is 10.3. The van der Waals surface area contributed by atoms with Crippen LogP contribution >= 0.6 is 15.9 Å². The normalized spacial score (nSPS) is 12.1. The van der Waals surface area contributed by atoms with Gasteiger partial charge in [0.05, 0.1) is 6.20 Å². The van der Waals surface area contributed by atoms with E-state index in [0.717, 1.165) is 6.26 Å². The molecule has 0 bridgehead atoms. The van der Waals surface area contributed by atoms with E-state index in [2.05, 4.69) is 35.9 Å². The Kier molecular flexibility index (Phi) is 2.04. The van der Waals surface area contributed by atoms with Crippen LogP contribution in [0.2, 0.25) is 0 Å². The molecule has 1 N–H and O–H groups in total. The predicted octanol–water partition coefficient (Wildman–Crippen LogP) is 0.519. The first-order valence-electron chi connectivity index (χ1n) is 3.55. The second kappa shape index (κ2) is 2.99. The van der Waals surface area contributed by atoms with E-state index in [1.54, 1.807) is 0 Å². The van der Waals surface area contributed by atoms with Gasteiger partial charge in [-0.25, -0.2) is 18.4 Å². The Morgan fingerprint density at radius 1 is 1.43 bits per heavy atom. The highest BCUT2D eigenvalue weighted by atomic mass is 79.9. The molecule has 0 saturated carbocycles. The summed E-state index contributed by atoms with van der Waals surface area (Å²) in [6.45, 7) is 0. The van der Waals surface area contributed by atoms with Gasteiger partial charge in [-0.05, 0) is 15.9 Å². The van der Waals surface area contributed by atoms with Gasteiger partial charge in [-0.2, -0.15) is 4.98 Å². The Morgan fingerprint density at radius 2 is 2.14 bits per heavy atom. The summed E-state index contributed by atoms with van der Waals surface area (Å²) in [5.41, 5.74) is 0.633. The highest BCUT2D eigenvalue weighted by Crippen LogP contribution is 2.12. The lowest BCUT2D eigenvalue weighted by Crippen LogP contribution is -1.98. The highest BCUT2D eigenvalue weighted by Gasteiger charge is 2.14. The number of fused-ring (bicyclic) bond motifs is 1. The molecule has 0 aliphatic rings. The first-order valence-corrected chi connectivity index (χ1v) is 6.23. The number of hydrogen-bond acceptors (Lipinski definition) is 5. The fourth-order valence-corrected chi connectivity index (χ4v) is 1.74. The molecule has 0 spiro atoms. The number of imidazole rings is 1. The predicted molar refractivity (Wildman–Crippen MR) is 52.5 cm³/mol. The summed E-state index contributed by atoms with van der Waals surface area (Å²) in [7, 11) is -3.34. The van der Waals surface area contributed by atoms with Crippen LogP contribution in [0.25, 0.3) is 11.3 Å². The summed E-state index contributed by atoms with van der Waals surface area (Å²) < 4.78 is 22.8. The Labute approximate surface area is 87.8 Å². The van der Waals surface area contributed by atoms with E-state index in [-0.39, 0.29) is 10.8 Å². The van der Waals surface area contributed by atoms with Crippen molar-refractivity contribution in [2.24, 2.45) is 0 Å². The molecule has 0 fully saturated rings. The number of nitrogens with one attached hydrogen (secondary N) is 1. The van der Waals surface area contributed by atoms with E-state index in [9.17, 15) is 8.42 Å². The van der Waals surface area contributed by atoms with Crippen molar-refractivity contribution in [3.05, 3.63) is 10.8 Å². The van der Waals surface area contributed by atoms with E-state index in [4.69, 9.17) is 0 Å². The van der Waals surface area contributed by atoms with Crippen molar-refractivity contribution in [1.82, 2.24) is 19.9 Å². The molecule has 8 heteroatoms. The van der Waals surface area contributed by atoms with Gasteiger partial charge in [-0.15, -0.1) is 0 Å². The Morgan fingerprint density at radius 3 is 2.79 bits per heavy atom. The lowest BCUT2D eigenvalue weighted by Gasteiger charge is -1.87. The molecule has 0 aliphatic heterocycles. The summed E-state index contributed by atoms with van der Waals surface area (Å²) in [4.78, 5) is 14.2. The largest absolute Gasteiger partial charge is 0.312 e. The van der Waals surface area contributed by atoms with Crippen molar-refractivity contribution in [3.8, 4) is 0 Å². The van der Waals surface area contributed by atoms with Gasteiger partial charge in [0.15, 0.2) is 11.3 Å². The van der Waals surface area contributed by atoms with Gasteiger partial charge in [0, 0.05) is 6.26 Å². The molecule has 6 nitrogen and oxygen atoms in total. The molecule has 2 aromatic heterocycles. The molecular weight excluding hydrogens is 272 g/mol. The molecule has 0 radical (unpaired) electrons. The van der Waals surface area contributed by atoms with E-state index in [0.29, 0.717) is 10.3 Å². The summed E-state index contributed by atoms with van der Waals surface area (Å²) in [5, 5.41) is -0.120. The van der Waals surface area contributed by atoms with E-state index in [1.165, 1.54) is 6.20 Å². The quantitative estimate of drug-likeness (QED) is 0.820. The molecule has 0 saturated heterocycles. The fourth-order valence-electron chi connectivity index (χ4n) is 0.928. The third kappa shape index (κ3) is 1.62. The number of halogens is 1. The van der Waals surface area contributed by atoms with Gasteiger partial charge in [0.25, 0.3) is 0 Å². The summed E-state index contributed by atoms with van der Waals surface area (Å²) >= 11 is 3.12. The number of H-pyrrole nitrogens is 1. The standard InChI is InChI=1S/C6H5BrN4O2S/c1-14(12,13)6-10-4-5(11-6)9-3(7)2-8-4/h2H,1H3,(H,8,9,10,11). The third-order valence-corrected chi connectivity index (χ3v) is 2.79.